The minimum atomic E-state index is -0.750. The quantitative estimate of drug-likeness (QED) is 0.306. The molecule has 1 spiro atoms. The number of hydrogen-bond acceptors (Lipinski definition) is 6. The van der Waals surface area contributed by atoms with Crippen LogP contribution in [0, 0.1) is 17.2 Å². The van der Waals surface area contributed by atoms with Crippen molar-refractivity contribution in [2.24, 2.45) is 11.3 Å². The molecule has 0 bridgehead atoms. The van der Waals surface area contributed by atoms with E-state index in [2.05, 4.69) is 20.6 Å². The molecule has 0 radical (unpaired) electrons. The molecular weight excluding hydrogens is 537 g/mol. The summed E-state index contributed by atoms with van der Waals surface area (Å²) in [5, 5.41) is 26.3. The number of aliphatic carboxylic acids is 1. The van der Waals surface area contributed by atoms with Crippen LogP contribution in [0.25, 0.3) is 22.2 Å². The lowest BCUT2D eigenvalue weighted by Gasteiger charge is -2.57. The first kappa shape index (κ1) is 26.2. The maximum absolute atomic E-state index is 13.9. The number of nitrogens with one attached hydrogen (secondary N) is 1. The summed E-state index contributed by atoms with van der Waals surface area (Å²) in [6.07, 6.45) is 5.41. The summed E-state index contributed by atoms with van der Waals surface area (Å²) in [5.41, 5.74) is 2.89. The van der Waals surface area contributed by atoms with Gasteiger partial charge >= 0.3 is 5.97 Å². The molecule has 2 N–H and O–H groups in total. The van der Waals surface area contributed by atoms with Gasteiger partial charge in [0.2, 0.25) is 0 Å². The van der Waals surface area contributed by atoms with Crippen molar-refractivity contribution < 1.29 is 23.8 Å². The molecule has 2 aromatic carbocycles. The largest absolute Gasteiger partial charge is 0.497 e. The van der Waals surface area contributed by atoms with E-state index in [4.69, 9.17) is 21.4 Å². The molecule has 1 amide bonds. The van der Waals surface area contributed by atoms with Crippen molar-refractivity contribution in [3.8, 4) is 17.0 Å². The number of halogens is 2. The lowest BCUT2D eigenvalue weighted by molar-refractivity contribution is -0.142. The number of methoxy groups -OCH3 is 1. The highest BCUT2D eigenvalue weighted by molar-refractivity contribution is 6.32. The van der Waals surface area contributed by atoms with Gasteiger partial charge in [0.05, 0.1) is 42.3 Å². The second kappa shape index (κ2) is 10.2. The second-order valence-electron chi connectivity index (χ2n) is 10.9. The number of carboxylic acid groups (broad SMARTS) is 1. The van der Waals surface area contributed by atoms with Crippen LogP contribution in [-0.2, 0) is 11.3 Å². The number of ether oxygens (including phenoxy) is 1. The van der Waals surface area contributed by atoms with E-state index in [-0.39, 0.29) is 36.2 Å². The van der Waals surface area contributed by atoms with Crippen molar-refractivity contribution in [3.05, 3.63) is 70.8 Å². The summed E-state index contributed by atoms with van der Waals surface area (Å²) in [4.78, 5) is 24.3. The molecule has 9 nitrogen and oxygen atoms in total. The first-order valence-electron chi connectivity index (χ1n) is 13.1. The predicted octanol–water partition coefficient (Wildman–Crippen LogP) is 5.11. The minimum absolute atomic E-state index is 0.0449. The second-order valence-corrected chi connectivity index (χ2v) is 11.4. The van der Waals surface area contributed by atoms with Crippen molar-refractivity contribution in [3.63, 3.8) is 0 Å². The van der Waals surface area contributed by atoms with Gasteiger partial charge in [0.1, 0.15) is 11.6 Å². The molecule has 0 saturated heterocycles. The van der Waals surface area contributed by atoms with Crippen LogP contribution < -0.4 is 10.1 Å². The standard InChI is InChI=1S/C29H27ClFN5O4/c1-40-23-7-17(6-20(31)9-23)25-3-2-21(34-35-25)15-36-27-18(14-32-36)5-19(30)8-24(27)28(39)33-22-12-29(13-22)10-16(11-29)4-26(37)38/h2-3,5-9,14,16,22H,4,10-13,15H2,1H3,(H,33,39)(H,37,38). The van der Waals surface area contributed by atoms with Crippen molar-refractivity contribution in [1.29, 1.82) is 0 Å². The predicted molar refractivity (Wildman–Crippen MR) is 146 cm³/mol. The Balaban J connectivity index is 1.17. The van der Waals surface area contributed by atoms with E-state index in [1.165, 1.54) is 19.2 Å². The lowest BCUT2D eigenvalue weighted by Crippen LogP contribution is -2.56. The number of rotatable bonds is 8. The Morgan fingerprint density at radius 1 is 1.15 bits per heavy atom. The van der Waals surface area contributed by atoms with Gasteiger partial charge in [-0.05, 0) is 73.4 Å². The molecule has 0 unspecified atom stereocenters. The van der Waals surface area contributed by atoms with Gasteiger partial charge in [-0.3, -0.25) is 14.3 Å². The van der Waals surface area contributed by atoms with Gasteiger partial charge in [0.15, 0.2) is 0 Å². The Hall–Kier alpha value is -4.05. The van der Waals surface area contributed by atoms with Gasteiger partial charge < -0.3 is 15.2 Å². The average Bonchev–Trinajstić information content (AvgIpc) is 3.27. The van der Waals surface area contributed by atoms with E-state index in [1.807, 2.05) is 0 Å². The fourth-order valence-electron chi connectivity index (χ4n) is 6.31. The highest BCUT2D eigenvalue weighted by Gasteiger charge is 2.53. The summed E-state index contributed by atoms with van der Waals surface area (Å²) >= 11 is 6.34. The molecule has 2 saturated carbocycles. The number of carbonyl (C=O) groups excluding carboxylic acids is 1. The van der Waals surface area contributed by atoms with Crippen LogP contribution in [0.5, 0.6) is 5.75 Å². The van der Waals surface area contributed by atoms with Crippen LogP contribution in [0.2, 0.25) is 5.02 Å². The molecule has 2 aliphatic rings. The number of carbonyl (C=O) groups is 2. The fraction of sp³-hybridized carbons (Fsp3) is 0.345. The zero-order valence-electron chi connectivity index (χ0n) is 21.7. The van der Waals surface area contributed by atoms with Gasteiger partial charge in [-0.1, -0.05) is 11.6 Å². The summed E-state index contributed by atoms with van der Waals surface area (Å²) < 4.78 is 20.8. The monoisotopic (exact) mass is 563 g/mol. The van der Waals surface area contributed by atoms with Crippen LogP contribution in [0.3, 0.4) is 0 Å². The van der Waals surface area contributed by atoms with Crippen LogP contribution in [0.4, 0.5) is 4.39 Å². The smallest absolute Gasteiger partial charge is 0.303 e. The van der Waals surface area contributed by atoms with E-state index >= 15 is 0 Å². The van der Waals surface area contributed by atoms with E-state index < -0.39 is 11.8 Å². The highest BCUT2D eigenvalue weighted by Crippen LogP contribution is 2.59. The van der Waals surface area contributed by atoms with E-state index in [9.17, 15) is 14.0 Å². The van der Waals surface area contributed by atoms with E-state index in [0.29, 0.717) is 38.8 Å². The van der Waals surface area contributed by atoms with Gasteiger partial charge in [0.25, 0.3) is 5.91 Å². The third-order valence-electron chi connectivity index (χ3n) is 7.98. The highest BCUT2D eigenvalue weighted by atomic mass is 35.5. The Kier molecular flexibility index (Phi) is 6.66. The molecule has 206 valence electrons. The Bertz CT molecular complexity index is 1610. The number of hydrogen-bond donors (Lipinski definition) is 2. The maximum atomic E-state index is 13.9. The minimum Gasteiger partial charge on any atom is -0.497 e. The van der Waals surface area contributed by atoms with Crippen LogP contribution in [0.1, 0.15) is 48.2 Å². The number of aromatic nitrogens is 4. The van der Waals surface area contributed by atoms with Crippen molar-refractivity contribution in [2.45, 2.75) is 44.7 Å². The van der Waals surface area contributed by atoms with Crippen molar-refractivity contribution >= 4 is 34.4 Å². The molecule has 2 aliphatic carbocycles. The van der Waals surface area contributed by atoms with Crippen LogP contribution in [-0.4, -0.2) is 50.1 Å². The van der Waals surface area contributed by atoms with Crippen LogP contribution in [0.15, 0.2) is 48.7 Å². The third-order valence-corrected chi connectivity index (χ3v) is 8.20. The molecule has 0 atom stereocenters. The lowest BCUT2D eigenvalue weighted by atomic mass is 9.49. The van der Waals surface area contributed by atoms with E-state index in [0.717, 1.165) is 31.1 Å². The topological polar surface area (TPSA) is 119 Å². The molecule has 2 fully saturated rings. The maximum Gasteiger partial charge on any atom is 0.303 e. The number of amides is 1. The SMILES string of the molecule is COc1cc(F)cc(-c2ccc(Cn3ncc4cc(Cl)cc(C(=O)NC5CC6(CC(CC(=O)O)C6)C5)c43)nn2)c1. The molecule has 2 aromatic heterocycles. The Morgan fingerprint density at radius 3 is 2.65 bits per heavy atom. The normalized spacial score (nSPS) is 21.6. The zero-order valence-corrected chi connectivity index (χ0v) is 22.5. The summed E-state index contributed by atoms with van der Waals surface area (Å²) in [5.74, 6) is -0.776. The first-order valence-corrected chi connectivity index (χ1v) is 13.4. The molecule has 0 aliphatic heterocycles. The third kappa shape index (κ3) is 5.11. The molecule has 6 rings (SSSR count). The number of benzene rings is 2. The Morgan fingerprint density at radius 2 is 1.95 bits per heavy atom. The van der Waals surface area contributed by atoms with Crippen LogP contribution >= 0.6 is 11.6 Å². The van der Waals surface area contributed by atoms with Crippen molar-refractivity contribution in [2.75, 3.05) is 7.11 Å². The summed E-state index contributed by atoms with van der Waals surface area (Å²) in [7, 11) is 1.47. The van der Waals surface area contributed by atoms with Gasteiger partial charge in [-0.2, -0.15) is 15.3 Å². The van der Waals surface area contributed by atoms with E-state index in [1.54, 1.807) is 41.2 Å². The number of nitrogens with zero attached hydrogens (tertiary/aromatic N) is 4. The average molecular weight is 564 g/mol. The van der Waals surface area contributed by atoms with Gasteiger partial charge in [0, 0.05) is 34.5 Å². The fourth-order valence-corrected chi connectivity index (χ4v) is 6.54. The van der Waals surface area contributed by atoms with Gasteiger partial charge in [-0.25, -0.2) is 4.39 Å². The molecule has 40 heavy (non-hydrogen) atoms. The summed E-state index contributed by atoms with van der Waals surface area (Å²) in [6.45, 7) is 0.267. The number of fused-ring (bicyclic) bond motifs is 1. The zero-order chi connectivity index (χ0) is 28.0. The number of carboxylic acids is 1. The summed E-state index contributed by atoms with van der Waals surface area (Å²) in [6, 6.07) is 11.3. The van der Waals surface area contributed by atoms with Crippen molar-refractivity contribution in [1.82, 2.24) is 25.3 Å². The molecule has 11 heteroatoms. The molecule has 4 aromatic rings. The first-order chi connectivity index (χ1) is 19.2. The molecule has 2 heterocycles. The Labute approximate surface area is 234 Å². The molecular formula is C29H27ClFN5O4. The van der Waals surface area contributed by atoms with Gasteiger partial charge in [-0.15, -0.1) is 0 Å².